The fourth-order valence-corrected chi connectivity index (χ4v) is 1.75. The smallest absolute Gasteiger partial charge is 0.213 e. The zero-order chi connectivity index (χ0) is 10.6. The third-order valence-corrected chi connectivity index (χ3v) is 2.51. The van der Waals surface area contributed by atoms with Crippen LogP contribution in [0, 0.1) is 0 Å². The van der Waals surface area contributed by atoms with Gasteiger partial charge in [0.25, 0.3) is 0 Å². The van der Waals surface area contributed by atoms with Gasteiger partial charge in [-0.05, 0) is 19.2 Å². The summed E-state index contributed by atoms with van der Waals surface area (Å²) < 4.78 is 11.4. The Bertz CT molecular complexity index is 297. The van der Waals surface area contributed by atoms with Crippen LogP contribution in [0.4, 0.5) is 0 Å². The van der Waals surface area contributed by atoms with Gasteiger partial charge in [0.05, 0.1) is 18.9 Å². The van der Waals surface area contributed by atoms with E-state index >= 15 is 0 Å². The van der Waals surface area contributed by atoms with Gasteiger partial charge in [0, 0.05) is 19.2 Å². The lowest BCUT2D eigenvalue weighted by Gasteiger charge is -2.26. The molecule has 0 aromatic carbocycles. The molecule has 0 bridgehead atoms. The Morgan fingerprint density at radius 3 is 2.80 bits per heavy atom. The van der Waals surface area contributed by atoms with E-state index in [0.29, 0.717) is 13.2 Å². The van der Waals surface area contributed by atoms with Crippen molar-refractivity contribution in [2.45, 2.75) is 12.2 Å². The molecule has 0 atom stereocenters. The van der Waals surface area contributed by atoms with Crippen LogP contribution in [0.1, 0.15) is 12.1 Å². The third kappa shape index (κ3) is 2.17. The summed E-state index contributed by atoms with van der Waals surface area (Å²) in [5, 5.41) is 3.10. The summed E-state index contributed by atoms with van der Waals surface area (Å²) in [6, 6.07) is 5.79. The second-order valence-electron chi connectivity index (χ2n) is 3.52. The lowest BCUT2D eigenvalue weighted by atomic mass is 10.1. The van der Waals surface area contributed by atoms with Gasteiger partial charge >= 0.3 is 0 Å². The minimum Gasteiger partial charge on any atom is -0.342 e. The van der Waals surface area contributed by atoms with Gasteiger partial charge in [-0.25, -0.2) is 0 Å². The zero-order valence-corrected chi connectivity index (χ0v) is 8.90. The monoisotopic (exact) mass is 208 g/mol. The van der Waals surface area contributed by atoms with E-state index in [1.54, 1.807) is 6.20 Å². The van der Waals surface area contributed by atoms with Crippen LogP contribution in [0.2, 0.25) is 0 Å². The van der Waals surface area contributed by atoms with Crippen molar-refractivity contribution in [2.75, 3.05) is 26.8 Å². The Labute approximate surface area is 89.6 Å². The average Bonchev–Trinajstić information content (AvgIpc) is 2.78. The normalized spacial score (nSPS) is 19.3. The van der Waals surface area contributed by atoms with Crippen LogP contribution in [0.5, 0.6) is 0 Å². The molecule has 0 unspecified atom stereocenters. The van der Waals surface area contributed by atoms with Crippen molar-refractivity contribution in [3.8, 4) is 0 Å². The van der Waals surface area contributed by atoms with Crippen molar-refractivity contribution < 1.29 is 9.47 Å². The van der Waals surface area contributed by atoms with Crippen LogP contribution >= 0.6 is 0 Å². The van der Waals surface area contributed by atoms with E-state index in [2.05, 4.69) is 10.3 Å². The fraction of sp³-hybridized carbons (Fsp3) is 0.545. The quantitative estimate of drug-likeness (QED) is 0.798. The first-order chi connectivity index (χ1) is 7.37. The molecule has 1 aliphatic rings. The molecule has 2 heterocycles. The van der Waals surface area contributed by atoms with Gasteiger partial charge in [-0.2, -0.15) is 0 Å². The lowest BCUT2D eigenvalue weighted by Crippen LogP contribution is -2.32. The molecule has 0 amide bonds. The summed E-state index contributed by atoms with van der Waals surface area (Å²) >= 11 is 0. The van der Waals surface area contributed by atoms with Crippen molar-refractivity contribution in [1.82, 2.24) is 10.3 Å². The molecule has 0 aliphatic carbocycles. The van der Waals surface area contributed by atoms with Gasteiger partial charge in [0.2, 0.25) is 5.79 Å². The molecule has 0 spiro atoms. The van der Waals surface area contributed by atoms with Crippen molar-refractivity contribution in [1.29, 1.82) is 0 Å². The number of rotatable bonds is 4. The van der Waals surface area contributed by atoms with Crippen molar-refractivity contribution in [3.05, 3.63) is 30.1 Å². The number of hydrogen-bond acceptors (Lipinski definition) is 4. The lowest BCUT2D eigenvalue weighted by molar-refractivity contribution is -0.172. The van der Waals surface area contributed by atoms with Crippen LogP contribution in [-0.4, -0.2) is 31.8 Å². The Kier molecular flexibility index (Phi) is 3.30. The highest BCUT2D eigenvalue weighted by molar-refractivity contribution is 5.11. The number of pyridine rings is 1. The van der Waals surface area contributed by atoms with Gasteiger partial charge in [-0.1, -0.05) is 6.07 Å². The molecule has 1 aromatic heterocycles. The predicted molar refractivity (Wildman–Crippen MR) is 56.4 cm³/mol. The molecule has 4 heteroatoms. The van der Waals surface area contributed by atoms with E-state index in [0.717, 1.165) is 18.7 Å². The zero-order valence-electron chi connectivity index (χ0n) is 8.90. The maximum Gasteiger partial charge on any atom is 0.213 e. The Hall–Kier alpha value is -0.970. The molecule has 82 valence electrons. The molecule has 2 rings (SSSR count). The summed E-state index contributed by atoms with van der Waals surface area (Å²) in [4.78, 5) is 4.31. The van der Waals surface area contributed by atoms with E-state index in [9.17, 15) is 0 Å². The van der Waals surface area contributed by atoms with E-state index < -0.39 is 5.79 Å². The summed E-state index contributed by atoms with van der Waals surface area (Å²) in [7, 11) is 1.92. The Morgan fingerprint density at radius 1 is 1.40 bits per heavy atom. The van der Waals surface area contributed by atoms with Crippen LogP contribution in [-0.2, 0) is 15.3 Å². The Balaban J connectivity index is 2.19. The van der Waals surface area contributed by atoms with E-state index in [1.807, 2.05) is 25.2 Å². The van der Waals surface area contributed by atoms with Crippen LogP contribution in [0.25, 0.3) is 0 Å². The molecule has 15 heavy (non-hydrogen) atoms. The number of nitrogens with one attached hydrogen (secondary N) is 1. The third-order valence-electron chi connectivity index (χ3n) is 2.51. The van der Waals surface area contributed by atoms with Crippen LogP contribution in [0.3, 0.4) is 0 Å². The molecule has 1 N–H and O–H groups in total. The second-order valence-corrected chi connectivity index (χ2v) is 3.52. The average molecular weight is 208 g/mol. The second kappa shape index (κ2) is 4.70. The molecule has 1 aliphatic heterocycles. The van der Waals surface area contributed by atoms with Crippen LogP contribution < -0.4 is 5.32 Å². The largest absolute Gasteiger partial charge is 0.342 e. The SMILES string of the molecule is CNCCC1(c2ccccn2)OCCO1. The number of nitrogens with zero attached hydrogens (tertiary/aromatic N) is 1. The van der Waals surface area contributed by atoms with Crippen molar-refractivity contribution in [3.63, 3.8) is 0 Å². The molecule has 1 aromatic rings. The topological polar surface area (TPSA) is 43.4 Å². The standard InChI is InChI=1S/C11H16N2O2/c1-12-7-5-11(14-8-9-15-11)10-4-2-3-6-13-10/h2-4,6,12H,5,7-9H2,1H3. The molecular formula is C11H16N2O2. The number of ether oxygens (including phenoxy) is 2. The first-order valence-corrected chi connectivity index (χ1v) is 5.21. The Morgan fingerprint density at radius 2 is 2.20 bits per heavy atom. The number of aromatic nitrogens is 1. The van der Waals surface area contributed by atoms with Gasteiger partial charge in [-0.15, -0.1) is 0 Å². The summed E-state index contributed by atoms with van der Waals surface area (Å²) in [6.07, 6.45) is 2.54. The van der Waals surface area contributed by atoms with Crippen molar-refractivity contribution >= 4 is 0 Å². The molecule has 0 saturated carbocycles. The fourth-order valence-electron chi connectivity index (χ4n) is 1.75. The minimum absolute atomic E-state index is 0.635. The van der Waals surface area contributed by atoms with E-state index in [1.165, 1.54) is 0 Å². The maximum atomic E-state index is 5.70. The molecule has 1 fully saturated rings. The number of hydrogen-bond donors (Lipinski definition) is 1. The van der Waals surface area contributed by atoms with E-state index in [4.69, 9.17) is 9.47 Å². The summed E-state index contributed by atoms with van der Waals surface area (Å²) in [5.74, 6) is -0.635. The predicted octanol–water partition coefficient (Wildman–Crippen LogP) is 0.891. The maximum absolute atomic E-state index is 5.70. The highest BCUT2D eigenvalue weighted by Crippen LogP contribution is 2.32. The first-order valence-electron chi connectivity index (χ1n) is 5.21. The molecular weight excluding hydrogens is 192 g/mol. The van der Waals surface area contributed by atoms with Gasteiger partial charge in [0.1, 0.15) is 0 Å². The molecule has 1 saturated heterocycles. The van der Waals surface area contributed by atoms with E-state index in [-0.39, 0.29) is 0 Å². The molecule has 4 nitrogen and oxygen atoms in total. The van der Waals surface area contributed by atoms with Crippen molar-refractivity contribution in [2.24, 2.45) is 0 Å². The summed E-state index contributed by atoms with van der Waals surface area (Å²) in [5.41, 5.74) is 0.859. The van der Waals surface area contributed by atoms with Crippen LogP contribution in [0.15, 0.2) is 24.4 Å². The van der Waals surface area contributed by atoms with Gasteiger partial charge < -0.3 is 14.8 Å². The van der Waals surface area contributed by atoms with Gasteiger partial charge in [0.15, 0.2) is 0 Å². The summed E-state index contributed by atoms with van der Waals surface area (Å²) in [6.45, 7) is 2.12. The molecule has 0 radical (unpaired) electrons. The highest BCUT2D eigenvalue weighted by Gasteiger charge is 2.39. The first kappa shape index (κ1) is 10.5. The minimum atomic E-state index is -0.635. The van der Waals surface area contributed by atoms with Gasteiger partial charge in [-0.3, -0.25) is 4.98 Å². The highest BCUT2D eigenvalue weighted by atomic mass is 16.7.